The fraction of sp³-hybridized carbons (Fsp3) is 0.357. The van der Waals surface area contributed by atoms with Gasteiger partial charge in [0, 0.05) is 11.1 Å². The summed E-state index contributed by atoms with van der Waals surface area (Å²) in [5, 5.41) is 8.03. The number of nitrogens with zero attached hydrogens (tertiary/aromatic N) is 1. The third kappa shape index (κ3) is 4.24. The van der Waals surface area contributed by atoms with Crippen LogP contribution in [-0.4, -0.2) is 37.6 Å². The van der Waals surface area contributed by atoms with Gasteiger partial charge >= 0.3 is 5.97 Å². The molecule has 0 aliphatic carbocycles. The lowest BCUT2D eigenvalue weighted by atomic mass is 9.92. The van der Waals surface area contributed by atoms with E-state index in [-0.39, 0.29) is 20.9 Å². The number of ether oxygens (including phenoxy) is 1. The molecule has 0 atom stereocenters. The lowest BCUT2D eigenvalue weighted by Gasteiger charge is -2.14. The van der Waals surface area contributed by atoms with Gasteiger partial charge in [0.2, 0.25) is 0 Å². The Morgan fingerprint density at radius 1 is 1.32 bits per heavy atom. The van der Waals surface area contributed by atoms with Gasteiger partial charge in [0.1, 0.15) is 9.77 Å². The van der Waals surface area contributed by atoms with Gasteiger partial charge < -0.3 is 4.74 Å². The predicted octanol–water partition coefficient (Wildman–Crippen LogP) is 1.18. The number of amides is 1. The van der Waals surface area contributed by atoms with E-state index in [2.05, 4.69) is 20.4 Å². The molecule has 0 fully saturated rings. The molecule has 9 nitrogen and oxygen atoms in total. The predicted molar refractivity (Wildman–Crippen MR) is 90.7 cm³/mol. The highest BCUT2D eigenvalue weighted by Crippen LogP contribution is 2.22. The molecule has 0 radical (unpaired) electrons. The molecule has 0 aromatic carbocycles. The zero-order valence-corrected chi connectivity index (χ0v) is 15.7. The van der Waals surface area contributed by atoms with Crippen molar-refractivity contribution in [3.63, 3.8) is 0 Å². The van der Waals surface area contributed by atoms with Crippen LogP contribution in [0.25, 0.3) is 0 Å². The molecule has 0 unspecified atom stereocenters. The van der Waals surface area contributed by atoms with Gasteiger partial charge in [-0.15, -0.1) is 16.2 Å². The highest BCUT2D eigenvalue weighted by molar-refractivity contribution is 7.89. The van der Waals surface area contributed by atoms with Gasteiger partial charge in [-0.05, 0) is 17.5 Å². The van der Waals surface area contributed by atoms with Crippen LogP contribution in [0.4, 0.5) is 0 Å². The second-order valence-electron chi connectivity index (χ2n) is 6.08. The molecular formula is C14H18N4O5S2. The molecular weight excluding hydrogens is 368 g/mol. The summed E-state index contributed by atoms with van der Waals surface area (Å²) in [5.74, 6) is -1.51. The van der Waals surface area contributed by atoms with Crippen molar-refractivity contribution in [1.29, 1.82) is 0 Å². The number of thiophene rings is 1. The van der Waals surface area contributed by atoms with Crippen molar-refractivity contribution in [3.05, 3.63) is 33.8 Å². The Morgan fingerprint density at radius 2 is 2.00 bits per heavy atom. The van der Waals surface area contributed by atoms with Crippen LogP contribution in [0.15, 0.2) is 22.4 Å². The van der Waals surface area contributed by atoms with Crippen molar-refractivity contribution in [3.8, 4) is 0 Å². The largest absolute Gasteiger partial charge is 0.465 e. The van der Waals surface area contributed by atoms with Crippen LogP contribution < -0.4 is 10.3 Å². The van der Waals surface area contributed by atoms with Crippen molar-refractivity contribution < 1.29 is 22.7 Å². The van der Waals surface area contributed by atoms with E-state index in [1.165, 1.54) is 17.5 Å². The van der Waals surface area contributed by atoms with Crippen molar-refractivity contribution in [2.75, 3.05) is 7.11 Å². The van der Waals surface area contributed by atoms with E-state index in [0.29, 0.717) is 0 Å². The van der Waals surface area contributed by atoms with Gasteiger partial charge in [-0.25, -0.2) is 13.2 Å². The topological polar surface area (TPSA) is 130 Å². The first-order valence-electron chi connectivity index (χ1n) is 7.10. The lowest BCUT2D eigenvalue weighted by Crippen LogP contribution is -2.42. The number of hydrogen-bond acceptors (Lipinski definition) is 7. The van der Waals surface area contributed by atoms with Gasteiger partial charge in [-0.2, -0.15) is 5.10 Å². The number of aromatic amines is 1. The molecule has 2 aromatic heterocycles. The number of carbonyl (C=O) groups excluding carboxylic acids is 2. The maximum absolute atomic E-state index is 12.3. The van der Waals surface area contributed by atoms with Crippen LogP contribution in [0, 0.1) is 0 Å². The van der Waals surface area contributed by atoms with Gasteiger partial charge in [-0.1, -0.05) is 20.8 Å². The zero-order valence-electron chi connectivity index (χ0n) is 14.0. The van der Waals surface area contributed by atoms with Crippen LogP contribution in [0.2, 0.25) is 0 Å². The Morgan fingerprint density at radius 3 is 2.56 bits per heavy atom. The Balaban J connectivity index is 2.12. The minimum Gasteiger partial charge on any atom is -0.465 e. The smallest absolute Gasteiger partial charge is 0.349 e. The summed E-state index contributed by atoms with van der Waals surface area (Å²) in [6.07, 6.45) is 0. The molecule has 1 amide bonds. The summed E-state index contributed by atoms with van der Waals surface area (Å²) < 4.78 is 29.1. The Hall–Kier alpha value is -2.24. The van der Waals surface area contributed by atoms with E-state index < -0.39 is 21.9 Å². The maximum Gasteiger partial charge on any atom is 0.349 e. The molecule has 0 bridgehead atoms. The molecule has 3 N–H and O–H groups in total. The van der Waals surface area contributed by atoms with E-state index in [0.717, 1.165) is 24.1 Å². The monoisotopic (exact) mass is 386 g/mol. The van der Waals surface area contributed by atoms with Crippen LogP contribution in [0.3, 0.4) is 0 Å². The van der Waals surface area contributed by atoms with Crippen molar-refractivity contribution in [1.82, 2.24) is 20.5 Å². The fourth-order valence-corrected chi connectivity index (χ4v) is 3.98. The van der Waals surface area contributed by atoms with E-state index in [1.54, 1.807) is 0 Å². The molecule has 2 aromatic rings. The van der Waals surface area contributed by atoms with Crippen LogP contribution in [-0.2, 0) is 20.2 Å². The highest BCUT2D eigenvalue weighted by Gasteiger charge is 2.26. The summed E-state index contributed by atoms with van der Waals surface area (Å²) in [5.41, 5.74) is 2.59. The Bertz CT molecular complexity index is 892. The first kappa shape index (κ1) is 19.1. The molecule has 2 heterocycles. The SMILES string of the molecule is COC(=O)c1sccc1S(=O)(=O)NNC(=O)c1cc(C(C)(C)C)[nH]n1. The van der Waals surface area contributed by atoms with E-state index in [9.17, 15) is 18.0 Å². The molecule has 0 aliphatic rings. The quantitative estimate of drug-likeness (QED) is 0.522. The number of esters is 1. The molecule has 11 heteroatoms. The Labute approximate surface area is 148 Å². The zero-order chi connectivity index (χ0) is 18.8. The maximum atomic E-state index is 12.3. The minimum atomic E-state index is -4.14. The number of carbonyl (C=O) groups is 2. The minimum absolute atomic E-state index is 0.0335. The molecule has 0 saturated heterocycles. The van der Waals surface area contributed by atoms with E-state index in [1.807, 2.05) is 25.6 Å². The first-order valence-corrected chi connectivity index (χ1v) is 9.46. The van der Waals surface area contributed by atoms with E-state index >= 15 is 0 Å². The number of sulfonamides is 1. The second kappa shape index (κ2) is 6.94. The van der Waals surface area contributed by atoms with Crippen molar-refractivity contribution in [2.45, 2.75) is 31.1 Å². The summed E-state index contributed by atoms with van der Waals surface area (Å²) >= 11 is 0.922. The van der Waals surface area contributed by atoms with Gasteiger partial charge in [0.15, 0.2) is 5.69 Å². The first-order chi connectivity index (χ1) is 11.6. The van der Waals surface area contributed by atoms with Crippen LogP contribution in [0.1, 0.15) is 46.6 Å². The van der Waals surface area contributed by atoms with Crippen molar-refractivity contribution >= 4 is 33.2 Å². The third-order valence-corrected chi connectivity index (χ3v) is 5.52. The summed E-state index contributed by atoms with van der Waals surface area (Å²) in [4.78, 5) is 25.2. The number of rotatable bonds is 5. The number of nitrogens with one attached hydrogen (secondary N) is 3. The van der Waals surface area contributed by atoms with Crippen LogP contribution >= 0.6 is 11.3 Å². The summed E-state index contributed by atoms with van der Waals surface area (Å²) in [7, 11) is -2.99. The Kier molecular flexibility index (Phi) is 5.30. The number of hydrogen-bond donors (Lipinski definition) is 3. The number of H-pyrrole nitrogens is 1. The number of hydrazine groups is 1. The van der Waals surface area contributed by atoms with Gasteiger partial charge in [0.25, 0.3) is 15.9 Å². The average Bonchev–Trinajstić information content (AvgIpc) is 3.20. The highest BCUT2D eigenvalue weighted by atomic mass is 32.2. The molecule has 0 aliphatic heterocycles. The van der Waals surface area contributed by atoms with Gasteiger partial charge in [-0.3, -0.25) is 15.3 Å². The second-order valence-corrected chi connectivity index (χ2v) is 8.65. The summed E-state index contributed by atoms with van der Waals surface area (Å²) in [6, 6.07) is 2.78. The number of aromatic nitrogens is 2. The normalized spacial score (nSPS) is 12.0. The molecule has 0 saturated carbocycles. The van der Waals surface area contributed by atoms with Gasteiger partial charge in [0.05, 0.1) is 7.11 Å². The lowest BCUT2D eigenvalue weighted by molar-refractivity contribution is 0.0602. The van der Waals surface area contributed by atoms with Crippen LogP contribution in [0.5, 0.6) is 0 Å². The standard InChI is InChI=1S/C14H18N4O5S2/c1-14(2,3)10-7-8(15-16-10)12(19)17-18-25(21,22)9-5-6-24-11(9)13(20)23-4/h5-7,18H,1-4H3,(H,15,16)(H,17,19). The summed E-state index contributed by atoms with van der Waals surface area (Å²) in [6.45, 7) is 5.82. The third-order valence-electron chi connectivity index (χ3n) is 3.21. The molecule has 0 spiro atoms. The fourth-order valence-electron chi connectivity index (χ4n) is 1.81. The van der Waals surface area contributed by atoms with E-state index in [4.69, 9.17) is 0 Å². The number of methoxy groups -OCH3 is 1. The average molecular weight is 386 g/mol. The molecule has 136 valence electrons. The molecule has 25 heavy (non-hydrogen) atoms. The molecule has 2 rings (SSSR count). The van der Waals surface area contributed by atoms with Crippen molar-refractivity contribution in [2.24, 2.45) is 0 Å².